The second-order valence-electron chi connectivity index (χ2n) is 14.8. The van der Waals surface area contributed by atoms with Crippen LogP contribution in [0, 0.1) is 12.8 Å². The van der Waals surface area contributed by atoms with Gasteiger partial charge in [-0.05, 0) is 60.7 Å². The number of anilines is 2. The minimum Gasteiger partial charge on any atom is -0.383 e. The lowest BCUT2D eigenvalue weighted by atomic mass is 10.0. The molecule has 0 spiro atoms. The van der Waals surface area contributed by atoms with Crippen molar-refractivity contribution in [2.24, 2.45) is 11.7 Å². The van der Waals surface area contributed by atoms with E-state index in [9.17, 15) is 29.1 Å². The highest BCUT2D eigenvalue weighted by Gasteiger charge is 2.45. The molecule has 13 atom stereocenters. The van der Waals surface area contributed by atoms with Gasteiger partial charge < -0.3 is 72.8 Å². The lowest BCUT2D eigenvalue weighted by Gasteiger charge is -2.27. The van der Waals surface area contributed by atoms with Crippen molar-refractivity contribution in [3.05, 3.63) is 67.4 Å². The molecule has 0 radical (unpaired) electrons. The maximum absolute atomic E-state index is 12.9. The van der Waals surface area contributed by atoms with E-state index in [-0.39, 0.29) is 43.4 Å². The first-order chi connectivity index (χ1) is 29.2. The van der Waals surface area contributed by atoms with E-state index in [1.54, 1.807) is 4.57 Å². The Hall–Kier alpha value is -2.24. The molecule has 3 aromatic heterocycles. The Labute approximate surface area is 368 Å². The molecule has 0 aromatic carbocycles. The average Bonchev–Trinajstić information content (AvgIpc) is 3.99. The number of fused-ring (bicyclic) bond motifs is 1. The molecule has 10 N–H and O–H groups in total. The third kappa shape index (κ3) is 11.2. The molecule has 62 heavy (non-hydrogen) atoms. The quantitative estimate of drug-likeness (QED) is 0.0833. The van der Waals surface area contributed by atoms with Gasteiger partial charge in [0.05, 0.1) is 51.1 Å². The molecule has 0 bridgehead atoms. The monoisotopic (exact) mass is 988 g/mol. The number of nitrogens with zero attached hydrogens (tertiary/aromatic N) is 5. The summed E-state index contributed by atoms with van der Waals surface area (Å²) >= 11 is 15.9. The van der Waals surface area contributed by atoms with Crippen molar-refractivity contribution in [2.75, 3.05) is 44.6 Å². The molecule has 4 aliphatic heterocycles. The van der Waals surface area contributed by atoms with E-state index >= 15 is 0 Å². The predicted octanol–water partition coefficient (Wildman–Crippen LogP) is 0.126. The van der Waals surface area contributed by atoms with Crippen LogP contribution in [0.1, 0.15) is 62.3 Å². The van der Waals surface area contributed by atoms with Gasteiger partial charge in [0.2, 0.25) is 0 Å². The van der Waals surface area contributed by atoms with Crippen LogP contribution >= 0.6 is 20.2 Å². The number of hydrogen-bond donors (Lipinski definition) is 8. The van der Waals surface area contributed by atoms with Gasteiger partial charge in [-0.1, -0.05) is 6.92 Å². The van der Waals surface area contributed by atoms with Crippen LogP contribution in [0.3, 0.4) is 0 Å². The predicted molar refractivity (Wildman–Crippen MR) is 229 cm³/mol. The average molecular weight is 989 g/mol. The molecule has 7 rings (SSSR count). The van der Waals surface area contributed by atoms with Gasteiger partial charge in [-0.25, -0.2) is 14.6 Å². The van der Waals surface area contributed by atoms with Gasteiger partial charge in [0.1, 0.15) is 54.4 Å². The van der Waals surface area contributed by atoms with E-state index in [2.05, 4.69) is 25.6 Å². The van der Waals surface area contributed by atoms with Crippen molar-refractivity contribution in [2.45, 2.75) is 88.5 Å². The second kappa shape index (κ2) is 19.3. The summed E-state index contributed by atoms with van der Waals surface area (Å²) in [6.45, 7) is -9.24. The van der Waals surface area contributed by atoms with Gasteiger partial charge in [0.25, 0.3) is 5.56 Å². The van der Waals surface area contributed by atoms with Gasteiger partial charge in [-0.15, -0.1) is 0 Å². The number of nitrogens with two attached hydrogens (primary N) is 2. The number of ether oxygens (including phenoxy) is 3. The summed E-state index contributed by atoms with van der Waals surface area (Å²) in [5.74, 6) is 0.521. The number of H-pyrrole nitrogens is 1. The molecular weight excluding hydrogens is 942 g/mol. The zero-order valence-corrected chi connectivity index (χ0v) is 38.4. The Morgan fingerprint density at radius 3 is 2.05 bits per heavy atom. The van der Waals surface area contributed by atoms with Crippen LogP contribution in [0.4, 0.5) is 11.6 Å². The van der Waals surface area contributed by atoms with Crippen molar-refractivity contribution in [3.8, 4) is 0 Å². The number of nitrogen functional groups attached to an aromatic ring is 1. The minimum atomic E-state index is -4.20. The molecular formula is C31H47N10O15P3S3. The zero-order chi connectivity index (χ0) is 44.7. The number of aryl methyl sites for hydroxylation is 1. The molecule has 0 amide bonds. The first kappa shape index (κ1) is 47.7. The van der Waals surface area contributed by atoms with Crippen LogP contribution in [-0.2, 0) is 76.8 Å². The number of aromatic nitrogens is 6. The van der Waals surface area contributed by atoms with E-state index < -0.39 is 99.1 Å². The van der Waals surface area contributed by atoms with E-state index in [1.807, 2.05) is 6.92 Å². The summed E-state index contributed by atoms with van der Waals surface area (Å²) in [6.07, 6.45) is -3.11. The van der Waals surface area contributed by atoms with Crippen molar-refractivity contribution in [1.82, 2.24) is 34.0 Å². The van der Waals surface area contributed by atoms with Crippen LogP contribution in [0.15, 0.2) is 39.2 Å². The third-order valence-electron chi connectivity index (χ3n) is 10.5. The summed E-state index contributed by atoms with van der Waals surface area (Å²) in [6, 6.07) is 1.47. The van der Waals surface area contributed by atoms with E-state index in [1.165, 1.54) is 43.4 Å². The number of aromatic amines is 1. The second-order valence-corrected chi connectivity index (χ2v) is 23.3. The summed E-state index contributed by atoms with van der Waals surface area (Å²) < 4.78 is 56.5. The fourth-order valence-electron chi connectivity index (χ4n) is 7.26. The summed E-state index contributed by atoms with van der Waals surface area (Å²) in [7, 11) is 1.20. The Kier molecular flexibility index (Phi) is 14.9. The maximum atomic E-state index is 12.9. The van der Waals surface area contributed by atoms with Crippen LogP contribution in [-0.4, -0.2) is 107 Å². The van der Waals surface area contributed by atoms with Crippen molar-refractivity contribution >= 4 is 67.2 Å². The molecule has 7 heterocycles. The largest absolute Gasteiger partial charge is 0.383 e. The molecule has 0 aliphatic carbocycles. The van der Waals surface area contributed by atoms with Gasteiger partial charge in [-0.3, -0.25) is 28.8 Å². The van der Waals surface area contributed by atoms with E-state index in [0.717, 1.165) is 4.57 Å². The molecule has 31 heteroatoms. The number of nitrogens with one attached hydrogen (secondary N) is 3. The van der Waals surface area contributed by atoms with E-state index in [0.29, 0.717) is 24.6 Å². The maximum Gasteiger partial charge on any atom is 0.351 e. The normalized spacial score (nSPS) is 31.5. The summed E-state index contributed by atoms with van der Waals surface area (Å²) in [5, 5.41) is 6.21. The first-order valence-corrected chi connectivity index (χ1v) is 26.8. The molecule has 25 nitrogen and oxygen atoms in total. The number of rotatable bonds is 17. The fourth-order valence-corrected chi connectivity index (χ4v) is 10.8. The van der Waals surface area contributed by atoms with Gasteiger partial charge in [0, 0.05) is 37.9 Å². The highest BCUT2D eigenvalue weighted by atomic mass is 32.5. The standard InChI is InChI=1S/C31H47N10O15P3S3/c1-15-6-23(39-5-4-22(32)37-30(39)43)52-19(15)10-50-58(46,61)55-17-7-24(40-9-16(2)29(42)38-31(40)44)53-21(17)12-51-59(47,62)56-18-8-25(54-20(18)11-49-57(45,60)48-3)41-14-36-26-27(33)34-13-35-28(26)41/h4-5,9,14-15,17-21,23-25,27,34-35H,6-8,10-13,33H2,1-3H3,(H,45,60)(H,46,61)(H,47,62)(H2,32,37,43)(H,38,42,44)/t15-,17-,18-,19-,20-,21-,23-,24-,25-,27?,57?,58?,59?/m1/s1. The van der Waals surface area contributed by atoms with Crippen LogP contribution < -0.4 is 39.0 Å². The fraction of sp³-hybridized carbons (Fsp3) is 0.645. The smallest absolute Gasteiger partial charge is 0.351 e. The third-order valence-corrected chi connectivity index (χ3v) is 15.4. The van der Waals surface area contributed by atoms with Gasteiger partial charge >= 0.3 is 31.5 Å². The van der Waals surface area contributed by atoms with Crippen molar-refractivity contribution in [3.63, 3.8) is 0 Å². The molecule has 3 aromatic rings. The molecule has 344 valence electrons. The molecule has 0 saturated carbocycles. The van der Waals surface area contributed by atoms with Crippen molar-refractivity contribution in [1.29, 1.82) is 0 Å². The Balaban J connectivity index is 1.04. The summed E-state index contributed by atoms with van der Waals surface area (Å²) in [4.78, 5) is 80.9. The Morgan fingerprint density at radius 1 is 0.871 bits per heavy atom. The van der Waals surface area contributed by atoms with Crippen LogP contribution in [0.2, 0.25) is 0 Å². The SMILES string of the molecule is COP(O)(=S)OC[C@H]1O[C@@H](n2cnc3c2NCNC3N)C[C@H]1OP(O)(=S)OC[C@H]1O[C@@H](n2cc(C)c(=O)[nH]c2=O)C[C@H]1OP(O)(=S)OC[C@H]1O[C@@H](n2ccc(N)nc2=O)C[C@H]1C. The number of imidazole rings is 1. The Morgan fingerprint density at radius 2 is 1.44 bits per heavy atom. The lowest BCUT2D eigenvalue weighted by Crippen LogP contribution is -2.38. The van der Waals surface area contributed by atoms with Crippen LogP contribution in [0.5, 0.6) is 0 Å². The molecule has 4 unspecified atom stereocenters. The zero-order valence-electron chi connectivity index (χ0n) is 33.2. The summed E-state index contributed by atoms with van der Waals surface area (Å²) in [5.41, 5.74) is 10.6. The minimum absolute atomic E-state index is 0.0684. The molecule has 3 saturated heterocycles. The molecule has 3 fully saturated rings. The van der Waals surface area contributed by atoms with Gasteiger partial charge in [-0.2, -0.15) is 4.98 Å². The lowest BCUT2D eigenvalue weighted by molar-refractivity contribution is -0.0521. The van der Waals surface area contributed by atoms with Crippen molar-refractivity contribution < 1.29 is 56.0 Å². The van der Waals surface area contributed by atoms with Crippen LogP contribution in [0.25, 0.3) is 0 Å². The Bertz CT molecular complexity index is 2440. The number of hydrogen-bond acceptors (Lipinski definition) is 21. The highest BCUT2D eigenvalue weighted by molar-refractivity contribution is 8.07. The first-order valence-electron chi connectivity index (χ1n) is 19.0. The molecule has 4 aliphatic rings. The topological polar surface area (TPSA) is 327 Å². The van der Waals surface area contributed by atoms with E-state index in [4.69, 9.17) is 88.2 Å². The highest BCUT2D eigenvalue weighted by Crippen LogP contribution is 2.53. The van der Waals surface area contributed by atoms with Gasteiger partial charge in [0.15, 0.2) is 0 Å².